The van der Waals surface area contributed by atoms with Crippen LogP contribution in [-0.2, 0) is 40.0 Å². The summed E-state index contributed by atoms with van der Waals surface area (Å²) in [6, 6.07) is -3.80. The number of benzene rings is 1. The number of aliphatic hydroxyl groups excluding tert-OH is 4. The first-order valence-corrected chi connectivity index (χ1v) is 18.2. The number of phenols is 2. The molecule has 20 heteroatoms. The highest BCUT2D eigenvalue weighted by Crippen LogP contribution is 2.28. The van der Waals surface area contributed by atoms with E-state index in [1.165, 1.54) is 36.9 Å². The number of phenolic OH excluding ortho intramolecular Hbond substituents is 2. The Morgan fingerprint density at radius 3 is 2.22 bits per heavy atom. The second kappa shape index (κ2) is 18.5. The molecule has 3 fully saturated rings. The lowest BCUT2D eigenvalue weighted by molar-refractivity contribution is -0.147. The van der Waals surface area contributed by atoms with E-state index in [2.05, 4.69) is 21.3 Å². The third kappa shape index (κ3) is 10.6. The van der Waals surface area contributed by atoms with Crippen LogP contribution in [0.2, 0.25) is 0 Å². The van der Waals surface area contributed by atoms with Crippen LogP contribution in [0.3, 0.4) is 0 Å². The number of hydrogen-bond donors (Lipinski definition) is 11. The molecule has 0 saturated carbocycles. The Labute approximate surface area is 316 Å². The van der Waals surface area contributed by atoms with Gasteiger partial charge in [-0.1, -0.05) is 13.0 Å². The minimum atomic E-state index is -1.95. The zero-order valence-electron chi connectivity index (χ0n) is 30.6. The standard InChI is InChI=1S/C35H51N7O13/c1-16-15-42-29(30(16)50)33(53)39-26(49)7-3-6-25(48)38-27(17(2)43)34(54)41-12-4-5-20(41)32(52)37-19(10-8-18-9-11-21(44)22(45)13-18)31(51)40-28(35(42)55)23(46)14-24(36)47/h9,11,13,16-17,19-20,23,26-30,43-46,49-50H,3-8,10,12,14-15H2,1-2H3,(H2,36,47)(H,37,52)(H,38,48)(H,39,53)(H,40,51)/t16-,17+,19-,20-,23+,26-,27-,28-,29-,30-/m0/s1. The van der Waals surface area contributed by atoms with Gasteiger partial charge in [-0.25, -0.2) is 0 Å². The zero-order valence-corrected chi connectivity index (χ0v) is 30.6. The average Bonchev–Trinajstić information content (AvgIpc) is 3.72. The number of hydrogen-bond acceptors (Lipinski definition) is 13. The molecule has 304 valence electrons. The van der Waals surface area contributed by atoms with Gasteiger partial charge in [-0.15, -0.1) is 0 Å². The monoisotopic (exact) mass is 777 g/mol. The summed E-state index contributed by atoms with van der Waals surface area (Å²) in [7, 11) is 0. The molecule has 3 heterocycles. The molecule has 12 N–H and O–H groups in total. The molecule has 1 aromatic rings. The fourth-order valence-electron chi connectivity index (χ4n) is 7.10. The summed E-state index contributed by atoms with van der Waals surface area (Å²) < 4.78 is 0. The first kappa shape index (κ1) is 42.7. The average molecular weight is 778 g/mol. The van der Waals surface area contributed by atoms with Gasteiger partial charge in [-0.05, 0) is 63.1 Å². The molecular formula is C35H51N7O13. The van der Waals surface area contributed by atoms with E-state index in [0.29, 0.717) is 12.0 Å². The van der Waals surface area contributed by atoms with Crippen LogP contribution in [0.5, 0.6) is 11.5 Å². The maximum Gasteiger partial charge on any atom is 0.248 e. The molecule has 0 bridgehead atoms. The number of carbonyl (C=O) groups is 7. The quantitative estimate of drug-likeness (QED) is 0.118. The van der Waals surface area contributed by atoms with E-state index in [4.69, 9.17) is 5.73 Å². The Balaban J connectivity index is 1.74. The molecule has 3 saturated heterocycles. The van der Waals surface area contributed by atoms with E-state index in [1.54, 1.807) is 0 Å². The number of rotatable bonds is 7. The number of nitrogens with zero attached hydrogens (tertiary/aromatic N) is 2. The van der Waals surface area contributed by atoms with Crippen molar-refractivity contribution in [2.24, 2.45) is 11.7 Å². The van der Waals surface area contributed by atoms with Crippen molar-refractivity contribution in [3.05, 3.63) is 23.8 Å². The van der Waals surface area contributed by atoms with Gasteiger partial charge in [-0.2, -0.15) is 0 Å². The number of aryl methyl sites for hydroxylation is 1. The Bertz CT molecular complexity index is 1630. The summed E-state index contributed by atoms with van der Waals surface area (Å²) in [6.07, 6.45) is -7.31. The first-order valence-electron chi connectivity index (χ1n) is 18.2. The van der Waals surface area contributed by atoms with Crippen LogP contribution in [0.15, 0.2) is 18.2 Å². The Morgan fingerprint density at radius 2 is 1.56 bits per heavy atom. The van der Waals surface area contributed by atoms with Crippen LogP contribution in [0.1, 0.15) is 64.4 Å². The van der Waals surface area contributed by atoms with Crippen LogP contribution in [0, 0.1) is 5.92 Å². The predicted octanol–water partition coefficient (Wildman–Crippen LogP) is -4.08. The number of nitrogens with one attached hydrogen (secondary N) is 4. The number of amides is 7. The molecule has 10 atom stereocenters. The van der Waals surface area contributed by atoms with Crippen molar-refractivity contribution >= 4 is 41.4 Å². The summed E-state index contributed by atoms with van der Waals surface area (Å²) in [5.74, 6) is -7.98. The molecule has 0 aromatic heterocycles. The summed E-state index contributed by atoms with van der Waals surface area (Å²) in [6.45, 7) is 2.64. The van der Waals surface area contributed by atoms with Gasteiger partial charge in [0.2, 0.25) is 41.4 Å². The lowest BCUT2D eigenvalue weighted by Gasteiger charge is -2.33. The molecule has 3 aliphatic heterocycles. The smallest absolute Gasteiger partial charge is 0.248 e. The van der Waals surface area contributed by atoms with Crippen molar-refractivity contribution in [2.45, 2.75) is 120 Å². The molecule has 4 rings (SSSR count). The second-order valence-corrected chi connectivity index (χ2v) is 14.4. The first-order chi connectivity index (χ1) is 25.9. The largest absolute Gasteiger partial charge is 0.504 e. The summed E-state index contributed by atoms with van der Waals surface area (Å²) in [5.41, 5.74) is 5.74. The minimum absolute atomic E-state index is 0.00148. The molecule has 0 aliphatic carbocycles. The highest BCUT2D eigenvalue weighted by molar-refractivity contribution is 5.97. The molecule has 0 spiro atoms. The Morgan fingerprint density at radius 1 is 0.873 bits per heavy atom. The number of fused-ring (bicyclic) bond motifs is 2. The van der Waals surface area contributed by atoms with Gasteiger partial charge in [0.1, 0.15) is 36.4 Å². The van der Waals surface area contributed by atoms with Crippen LogP contribution in [-0.4, -0.2) is 150 Å². The molecular weight excluding hydrogens is 726 g/mol. The Kier molecular flexibility index (Phi) is 14.4. The molecule has 0 unspecified atom stereocenters. The van der Waals surface area contributed by atoms with E-state index in [0.717, 1.165) is 4.90 Å². The van der Waals surface area contributed by atoms with Gasteiger partial charge in [0, 0.05) is 25.4 Å². The van der Waals surface area contributed by atoms with Crippen LogP contribution >= 0.6 is 0 Å². The highest BCUT2D eigenvalue weighted by atomic mass is 16.3. The van der Waals surface area contributed by atoms with Crippen LogP contribution in [0.25, 0.3) is 0 Å². The van der Waals surface area contributed by atoms with Crippen LogP contribution < -0.4 is 27.0 Å². The topological polar surface area (TPSA) is 321 Å². The predicted molar refractivity (Wildman–Crippen MR) is 189 cm³/mol. The fraction of sp³-hybridized carbons (Fsp3) is 0.629. The van der Waals surface area contributed by atoms with Crippen molar-refractivity contribution in [3.63, 3.8) is 0 Å². The van der Waals surface area contributed by atoms with E-state index >= 15 is 0 Å². The third-order valence-corrected chi connectivity index (χ3v) is 10.1. The number of primary amides is 1. The van der Waals surface area contributed by atoms with Crippen LogP contribution in [0.4, 0.5) is 0 Å². The van der Waals surface area contributed by atoms with E-state index in [9.17, 15) is 64.2 Å². The van der Waals surface area contributed by atoms with Crippen molar-refractivity contribution in [3.8, 4) is 11.5 Å². The summed E-state index contributed by atoms with van der Waals surface area (Å²) >= 11 is 0. The molecule has 20 nitrogen and oxygen atoms in total. The molecule has 0 radical (unpaired) electrons. The fourth-order valence-corrected chi connectivity index (χ4v) is 7.10. The second-order valence-electron chi connectivity index (χ2n) is 14.4. The normalized spacial score (nSPS) is 30.2. The number of aliphatic hydroxyl groups is 4. The van der Waals surface area contributed by atoms with Crippen molar-refractivity contribution < 1.29 is 64.2 Å². The third-order valence-electron chi connectivity index (χ3n) is 10.1. The SMILES string of the molecule is C[C@@H](O)[C@@H]1NC(=O)CCC[C@H](O)NC(=O)[C@@H]2[C@@H](O)[C@@H](C)CN2C(=O)[C@H]([C@H](O)CC(N)=O)NC(=O)[C@H](CCc2ccc(O)c(O)c2)NC(=O)[C@@H]2CCCN2C1=O. The van der Waals surface area contributed by atoms with Crippen molar-refractivity contribution in [2.75, 3.05) is 13.1 Å². The molecule has 55 heavy (non-hydrogen) atoms. The minimum Gasteiger partial charge on any atom is -0.504 e. The summed E-state index contributed by atoms with van der Waals surface area (Å²) in [4.78, 5) is 96.1. The lowest BCUT2D eigenvalue weighted by Crippen LogP contribution is -2.62. The Hall–Kier alpha value is -5.05. The number of nitrogens with two attached hydrogens (primary N) is 1. The molecule has 3 aliphatic rings. The van der Waals surface area contributed by atoms with E-state index < -0.39 is 120 Å². The maximum atomic E-state index is 14.2. The van der Waals surface area contributed by atoms with Gasteiger partial charge in [0.15, 0.2) is 11.5 Å². The van der Waals surface area contributed by atoms with Crippen molar-refractivity contribution in [1.82, 2.24) is 31.1 Å². The van der Waals surface area contributed by atoms with Gasteiger partial charge in [0.05, 0.1) is 24.7 Å². The number of aromatic hydroxyl groups is 2. The maximum absolute atomic E-state index is 14.2. The van der Waals surface area contributed by atoms with Gasteiger partial charge >= 0.3 is 0 Å². The van der Waals surface area contributed by atoms with Crippen molar-refractivity contribution in [1.29, 1.82) is 0 Å². The van der Waals surface area contributed by atoms with E-state index in [-0.39, 0.29) is 51.6 Å². The van der Waals surface area contributed by atoms with Gasteiger partial charge < -0.3 is 67.4 Å². The van der Waals surface area contributed by atoms with Gasteiger partial charge in [-0.3, -0.25) is 33.6 Å². The molecule has 7 amide bonds. The lowest BCUT2D eigenvalue weighted by atomic mass is 10.0. The van der Waals surface area contributed by atoms with E-state index in [1.807, 2.05) is 0 Å². The van der Waals surface area contributed by atoms with Gasteiger partial charge in [0.25, 0.3) is 0 Å². The molecule has 1 aromatic carbocycles. The highest BCUT2D eigenvalue weighted by Gasteiger charge is 2.49. The summed E-state index contributed by atoms with van der Waals surface area (Å²) in [5, 5.41) is 72.6. The zero-order chi connectivity index (χ0) is 40.7. The number of carbonyl (C=O) groups excluding carboxylic acids is 7.